The van der Waals surface area contributed by atoms with Crippen molar-refractivity contribution in [2.24, 2.45) is 5.11 Å². The van der Waals surface area contributed by atoms with E-state index in [0.717, 1.165) is 6.07 Å². The van der Waals surface area contributed by atoms with E-state index in [2.05, 4.69) is 10.6 Å². The molecule has 0 saturated carbocycles. The van der Waals surface area contributed by atoms with Crippen molar-refractivity contribution in [2.75, 3.05) is 5.73 Å². The maximum Gasteiger partial charge on any atom is 0.296 e. The molecule has 5 N–H and O–H groups in total. The second-order valence-corrected chi connectivity index (χ2v) is 5.43. The maximum atomic E-state index is 11.3. The van der Waals surface area contributed by atoms with Crippen molar-refractivity contribution in [1.29, 1.82) is 5.52 Å². The summed E-state index contributed by atoms with van der Waals surface area (Å²) in [5.41, 5.74) is 8.96. The van der Waals surface area contributed by atoms with E-state index in [0.29, 0.717) is 10.9 Å². The number of phenols is 1. The standard InChI is InChI=1S/C11H11N3O4S/c1-5-2-3-6-4-7(19(16,17)18)10(14-13)11(15)8(6)9(5)12/h2-4,13,15H,12H2,1H3,(H,16,17,18)/i/hD. The molecule has 2 aromatic rings. The lowest BCUT2D eigenvalue weighted by molar-refractivity contribution is 0.472. The predicted molar refractivity (Wildman–Crippen MR) is 69.4 cm³/mol. The molecule has 0 heterocycles. The first kappa shape index (κ1) is 11.9. The predicted octanol–water partition coefficient (Wildman–Crippen LogP) is 2.35. The molecule has 0 aliphatic heterocycles. The third-order valence-electron chi connectivity index (χ3n) is 2.85. The van der Waals surface area contributed by atoms with Crippen LogP contribution in [0.1, 0.15) is 5.56 Å². The second kappa shape index (κ2) is 4.18. The van der Waals surface area contributed by atoms with Crippen LogP contribution >= 0.6 is 0 Å². The minimum Gasteiger partial charge on any atom is -0.505 e. The molecule has 0 saturated heterocycles. The number of nitrogen functional groups attached to an aromatic ring is 1. The molecule has 100 valence electrons. The van der Waals surface area contributed by atoms with Gasteiger partial charge in [0.2, 0.25) is 1.41 Å². The van der Waals surface area contributed by atoms with Crippen LogP contribution in [0.5, 0.6) is 5.75 Å². The molecule has 7 nitrogen and oxygen atoms in total. The van der Waals surface area contributed by atoms with Crippen molar-refractivity contribution in [3.05, 3.63) is 23.8 Å². The highest BCUT2D eigenvalue weighted by Crippen LogP contribution is 2.43. The molecule has 0 atom stereocenters. The fourth-order valence-electron chi connectivity index (χ4n) is 1.86. The first-order valence-electron chi connectivity index (χ1n) is 5.59. The quantitative estimate of drug-likeness (QED) is 0.380. The summed E-state index contributed by atoms with van der Waals surface area (Å²) in [6.07, 6.45) is 0. The van der Waals surface area contributed by atoms with Crippen molar-refractivity contribution >= 4 is 32.3 Å². The zero-order valence-electron chi connectivity index (χ0n) is 10.8. The van der Waals surface area contributed by atoms with Crippen LogP contribution in [0.25, 0.3) is 10.8 Å². The largest absolute Gasteiger partial charge is 0.505 e. The summed E-state index contributed by atoms with van der Waals surface area (Å²) < 4.78 is 38.5. The summed E-state index contributed by atoms with van der Waals surface area (Å²) >= 11 is 0. The van der Waals surface area contributed by atoms with E-state index < -0.39 is 26.5 Å². The SMILES string of the molecule is [2H]N=Nc1c(S(=O)(=O)O)cc2ccc(C)c(N)c2c1O. The Morgan fingerprint density at radius 2 is 2.16 bits per heavy atom. The molecular weight excluding hydrogens is 270 g/mol. The molecule has 19 heavy (non-hydrogen) atoms. The van der Waals surface area contributed by atoms with Gasteiger partial charge in [0, 0.05) is 11.1 Å². The highest BCUT2D eigenvalue weighted by Gasteiger charge is 2.22. The fraction of sp³-hybridized carbons (Fsp3) is 0.0909. The lowest BCUT2D eigenvalue weighted by Gasteiger charge is -2.11. The van der Waals surface area contributed by atoms with Crippen LogP contribution in [0, 0.1) is 12.4 Å². The van der Waals surface area contributed by atoms with E-state index in [4.69, 9.17) is 7.15 Å². The van der Waals surface area contributed by atoms with Crippen molar-refractivity contribution < 1.29 is 19.5 Å². The van der Waals surface area contributed by atoms with E-state index in [1.807, 2.05) is 0 Å². The van der Waals surface area contributed by atoms with Gasteiger partial charge in [0.25, 0.3) is 10.1 Å². The van der Waals surface area contributed by atoms with Gasteiger partial charge in [0.05, 0.1) is 0 Å². The topological polar surface area (TPSA) is 137 Å². The molecule has 8 heteroatoms. The van der Waals surface area contributed by atoms with E-state index in [1.165, 1.54) is 0 Å². The van der Waals surface area contributed by atoms with Gasteiger partial charge in [-0.15, -0.1) is 0 Å². The summed E-state index contributed by atoms with van der Waals surface area (Å²) in [7, 11) is -4.63. The average molecular weight is 282 g/mol. The monoisotopic (exact) mass is 282 g/mol. The van der Waals surface area contributed by atoms with E-state index >= 15 is 0 Å². The normalized spacial score (nSPS) is 13.1. The summed E-state index contributed by atoms with van der Waals surface area (Å²) in [5, 5.41) is 13.9. The molecule has 0 spiro atoms. The molecule has 2 aromatic carbocycles. The number of nitrogens with zero attached hydrogens (tertiary/aromatic N) is 1. The lowest BCUT2D eigenvalue weighted by atomic mass is 10.0. The number of aryl methyl sites for hydroxylation is 1. The number of hydrogen-bond donors (Lipinski definition) is 4. The molecule has 0 radical (unpaired) electrons. The van der Waals surface area contributed by atoms with E-state index in [1.54, 1.807) is 19.1 Å². The Morgan fingerprint density at radius 1 is 1.47 bits per heavy atom. The molecule has 0 aromatic heterocycles. The fourth-order valence-corrected chi connectivity index (χ4v) is 2.52. The van der Waals surface area contributed by atoms with Gasteiger partial charge in [-0.05, 0) is 23.9 Å². The molecule has 0 bridgehead atoms. The number of phenolic OH excluding ortho intramolecular Hbond substituents is 1. The number of hydrogen-bond acceptors (Lipinski definition) is 6. The highest BCUT2D eigenvalue weighted by molar-refractivity contribution is 7.86. The van der Waals surface area contributed by atoms with Crippen LogP contribution in [0.4, 0.5) is 11.4 Å². The summed E-state index contributed by atoms with van der Waals surface area (Å²) in [4.78, 5) is -0.637. The van der Waals surface area contributed by atoms with Crippen LogP contribution < -0.4 is 5.73 Å². The van der Waals surface area contributed by atoms with E-state index in [-0.39, 0.29) is 11.1 Å². The molecule has 0 amide bonds. The van der Waals surface area contributed by atoms with Gasteiger partial charge in [-0.3, -0.25) is 4.55 Å². The van der Waals surface area contributed by atoms with Gasteiger partial charge in [-0.25, -0.2) is 5.52 Å². The van der Waals surface area contributed by atoms with Crippen molar-refractivity contribution in [1.82, 2.24) is 0 Å². The molecule has 0 aliphatic carbocycles. The number of nitrogens with two attached hydrogens (primary N) is 1. The molecule has 0 fully saturated rings. The van der Waals surface area contributed by atoms with Gasteiger partial charge >= 0.3 is 0 Å². The van der Waals surface area contributed by atoms with Crippen LogP contribution in [0.15, 0.2) is 28.2 Å². The summed E-state index contributed by atoms with van der Waals surface area (Å²) in [6, 6.07) is 4.32. The highest BCUT2D eigenvalue weighted by atomic mass is 32.2. The number of fused-ring (bicyclic) bond motifs is 1. The zero-order chi connectivity index (χ0) is 15.1. The van der Waals surface area contributed by atoms with Crippen molar-refractivity contribution in [3.63, 3.8) is 0 Å². The summed E-state index contributed by atoms with van der Waals surface area (Å²) in [6.45, 7) is 1.72. The Bertz CT molecular complexity index is 833. The maximum absolute atomic E-state index is 11.3. The number of rotatable bonds is 2. The first-order valence-corrected chi connectivity index (χ1v) is 6.58. The smallest absolute Gasteiger partial charge is 0.296 e. The van der Waals surface area contributed by atoms with Gasteiger partial charge in [-0.2, -0.15) is 13.5 Å². The minimum absolute atomic E-state index is 0.194. The minimum atomic E-state index is -4.63. The molecule has 0 aliphatic rings. The van der Waals surface area contributed by atoms with E-state index in [9.17, 15) is 18.1 Å². The third kappa shape index (κ3) is 2.00. The Hall–Kier alpha value is -2.19. The zero-order valence-corrected chi connectivity index (χ0v) is 10.6. The summed E-state index contributed by atoms with van der Waals surface area (Å²) in [5.74, 6) is -0.549. The van der Waals surface area contributed by atoms with Crippen molar-refractivity contribution in [3.8, 4) is 5.75 Å². The van der Waals surface area contributed by atoms with Crippen LogP contribution in [0.2, 0.25) is 1.41 Å². The van der Waals surface area contributed by atoms with Crippen LogP contribution in [-0.2, 0) is 10.1 Å². The first-order chi connectivity index (χ1) is 9.27. The Morgan fingerprint density at radius 3 is 2.74 bits per heavy atom. The second-order valence-electron chi connectivity index (χ2n) is 4.04. The molecule has 2 rings (SSSR count). The number of nitrogens with one attached hydrogen (secondary N) is 1. The van der Waals surface area contributed by atoms with Crippen LogP contribution in [-0.4, -0.2) is 18.1 Å². The average Bonchev–Trinajstić information content (AvgIpc) is 2.35. The number of benzene rings is 2. The molecular formula is C11H11N3O4S. The molecule has 0 unspecified atom stereocenters. The van der Waals surface area contributed by atoms with Gasteiger partial charge in [-0.1, -0.05) is 12.1 Å². The van der Waals surface area contributed by atoms with Gasteiger partial charge in [0.1, 0.15) is 10.6 Å². The van der Waals surface area contributed by atoms with Crippen LogP contribution in [0.3, 0.4) is 0 Å². The number of aromatic hydroxyl groups is 1. The van der Waals surface area contributed by atoms with Gasteiger partial charge < -0.3 is 10.8 Å². The Balaban J connectivity index is 3.05. The lowest BCUT2D eigenvalue weighted by Crippen LogP contribution is -2.00. The Kier molecular flexibility index (Phi) is 2.61. The number of anilines is 1. The van der Waals surface area contributed by atoms with Crippen molar-refractivity contribution in [2.45, 2.75) is 11.8 Å². The van der Waals surface area contributed by atoms with Gasteiger partial charge in [0.15, 0.2) is 5.75 Å². The Labute approximate surface area is 110 Å². The third-order valence-corrected chi connectivity index (χ3v) is 3.72.